The van der Waals surface area contributed by atoms with E-state index in [4.69, 9.17) is 23.2 Å². The van der Waals surface area contributed by atoms with E-state index in [0.29, 0.717) is 58.6 Å². The van der Waals surface area contributed by atoms with Gasteiger partial charge in [0, 0.05) is 23.7 Å². The minimum atomic E-state index is -1.35. The number of halogens is 2. The van der Waals surface area contributed by atoms with Gasteiger partial charge in [0.2, 0.25) is 0 Å². The molecule has 1 aliphatic rings. The van der Waals surface area contributed by atoms with Crippen LogP contribution in [0.1, 0.15) is 31.4 Å². The molecule has 0 radical (unpaired) electrons. The topological polar surface area (TPSA) is 98.2 Å². The summed E-state index contributed by atoms with van der Waals surface area (Å²) in [4.78, 5) is 21.6. The Labute approximate surface area is 203 Å². The summed E-state index contributed by atoms with van der Waals surface area (Å²) in [5.41, 5.74) is -0.238. The lowest BCUT2D eigenvalue weighted by molar-refractivity contribution is -0.151. The molecule has 1 fully saturated rings. The number of aliphatic carboxylic acids is 1. The first-order valence-corrected chi connectivity index (χ1v) is 12.9. The van der Waals surface area contributed by atoms with Gasteiger partial charge in [0.25, 0.3) is 0 Å². The number of carboxylic acid groups (broad SMARTS) is 1. The summed E-state index contributed by atoms with van der Waals surface area (Å²) in [6.07, 6.45) is 3.91. The summed E-state index contributed by atoms with van der Waals surface area (Å²) in [5.74, 6) is -0.217. The van der Waals surface area contributed by atoms with Gasteiger partial charge in [-0.25, -0.2) is 9.97 Å². The van der Waals surface area contributed by atoms with Gasteiger partial charge in [0.05, 0.1) is 10.4 Å². The second-order valence-corrected chi connectivity index (χ2v) is 11.2. The largest absolute Gasteiger partial charge is 0.611 e. The Morgan fingerprint density at radius 3 is 2.69 bits per heavy atom. The molecule has 0 aliphatic heterocycles. The molecule has 2 heterocycles. The molecule has 1 aromatic carbocycles. The maximum absolute atomic E-state index is 13.1. The second kappa shape index (κ2) is 9.97. The third kappa shape index (κ3) is 5.05. The van der Waals surface area contributed by atoms with Crippen LogP contribution in [0.15, 0.2) is 52.9 Å². The number of pyridine rings is 1. The van der Waals surface area contributed by atoms with Crippen LogP contribution >= 0.6 is 34.5 Å². The lowest BCUT2D eigenvalue weighted by Crippen LogP contribution is -2.41. The zero-order chi connectivity index (χ0) is 22.7. The van der Waals surface area contributed by atoms with Crippen LogP contribution in [0, 0.1) is 5.41 Å². The number of aromatic nitrogens is 2. The molecular formula is C22H21Cl2N3O3S2. The maximum Gasteiger partial charge on any atom is 0.310 e. The van der Waals surface area contributed by atoms with E-state index in [1.54, 1.807) is 24.4 Å². The average molecular weight is 510 g/mol. The molecule has 4 rings (SSSR count). The summed E-state index contributed by atoms with van der Waals surface area (Å²) >= 11 is 12.4. The Kier molecular flexibility index (Phi) is 7.27. The van der Waals surface area contributed by atoms with Gasteiger partial charge >= 0.3 is 5.97 Å². The number of hydrogen-bond acceptors (Lipinski definition) is 6. The maximum atomic E-state index is 13.1. The number of hydrogen-bond donors (Lipinski definition) is 2. The Hall–Kier alpha value is -1.84. The van der Waals surface area contributed by atoms with Crippen molar-refractivity contribution in [3.8, 4) is 0 Å². The molecule has 168 valence electrons. The van der Waals surface area contributed by atoms with Crippen LogP contribution in [0.5, 0.6) is 0 Å². The normalized spacial score (nSPS) is 21.8. The number of nitrogens with zero attached hydrogens (tertiary/aromatic N) is 2. The lowest BCUT2D eigenvalue weighted by Gasteiger charge is -2.37. The molecule has 0 saturated heterocycles. The lowest BCUT2D eigenvalue weighted by atomic mass is 9.71. The Morgan fingerprint density at radius 2 is 2.00 bits per heavy atom. The number of carbonyl (C=O) groups is 1. The number of benzene rings is 1. The highest BCUT2D eigenvalue weighted by molar-refractivity contribution is 7.92. The molecular weight excluding hydrogens is 489 g/mol. The third-order valence-electron chi connectivity index (χ3n) is 5.77. The van der Waals surface area contributed by atoms with Gasteiger partial charge in [-0.3, -0.25) is 4.79 Å². The summed E-state index contributed by atoms with van der Waals surface area (Å²) in [7, 11) is 0. The molecule has 32 heavy (non-hydrogen) atoms. The van der Waals surface area contributed by atoms with Crippen LogP contribution in [0.2, 0.25) is 10.0 Å². The average Bonchev–Trinajstić information content (AvgIpc) is 3.29. The van der Waals surface area contributed by atoms with Crippen molar-refractivity contribution in [3.05, 3.63) is 63.7 Å². The van der Waals surface area contributed by atoms with Gasteiger partial charge in [0.15, 0.2) is 10.0 Å². The van der Waals surface area contributed by atoms with Gasteiger partial charge in [-0.2, -0.15) is 0 Å². The van der Waals surface area contributed by atoms with E-state index in [-0.39, 0.29) is 5.25 Å². The summed E-state index contributed by atoms with van der Waals surface area (Å²) in [6, 6.07) is 10.6. The van der Waals surface area contributed by atoms with Crippen molar-refractivity contribution in [2.24, 2.45) is 5.41 Å². The van der Waals surface area contributed by atoms with Crippen molar-refractivity contribution >= 4 is 62.6 Å². The van der Waals surface area contributed by atoms with Crippen LogP contribution in [-0.4, -0.2) is 30.8 Å². The molecule has 2 aromatic heterocycles. The fraction of sp³-hybridized carbons (Fsp3) is 0.318. The zero-order valence-electron chi connectivity index (χ0n) is 17.0. The number of thiazole rings is 1. The molecule has 1 saturated carbocycles. The number of anilines is 2. The molecule has 1 atom stereocenters. The minimum absolute atomic E-state index is 0.163. The van der Waals surface area contributed by atoms with E-state index in [2.05, 4.69) is 15.3 Å². The van der Waals surface area contributed by atoms with Crippen molar-refractivity contribution < 1.29 is 14.5 Å². The van der Waals surface area contributed by atoms with Crippen LogP contribution in [-0.2, 0) is 22.4 Å². The fourth-order valence-corrected chi connectivity index (χ4v) is 6.68. The Balaban J connectivity index is 1.47. The molecule has 1 unspecified atom stereocenters. The van der Waals surface area contributed by atoms with Gasteiger partial charge in [-0.1, -0.05) is 35.3 Å². The van der Waals surface area contributed by atoms with E-state index >= 15 is 0 Å². The predicted molar refractivity (Wildman–Crippen MR) is 129 cm³/mol. The first-order valence-electron chi connectivity index (χ1n) is 10.1. The number of carboxylic acids is 1. The number of nitrogens with one attached hydrogen (secondary N) is 1. The summed E-state index contributed by atoms with van der Waals surface area (Å²) in [6.45, 7) is 0. The van der Waals surface area contributed by atoms with E-state index in [0.717, 1.165) is 5.13 Å². The molecule has 0 bridgehead atoms. The highest BCUT2D eigenvalue weighted by Crippen LogP contribution is 2.43. The van der Waals surface area contributed by atoms with Crippen LogP contribution in [0.25, 0.3) is 0 Å². The highest BCUT2D eigenvalue weighted by Gasteiger charge is 2.45. The van der Waals surface area contributed by atoms with Gasteiger partial charge in [-0.15, -0.1) is 11.3 Å². The molecule has 2 N–H and O–H groups in total. The van der Waals surface area contributed by atoms with Crippen LogP contribution < -0.4 is 5.32 Å². The smallest absolute Gasteiger partial charge is 0.310 e. The first-order chi connectivity index (χ1) is 15.4. The second-order valence-electron chi connectivity index (χ2n) is 7.79. The van der Waals surface area contributed by atoms with E-state index < -0.39 is 22.6 Å². The van der Waals surface area contributed by atoms with Gasteiger partial charge in [-0.05, 0) is 61.1 Å². The van der Waals surface area contributed by atoms with Gasteiger partial charge < -0.3 is 15.0 Å². The fourth-order valence-electron chi connectivity index (χ4n) is 4.03. The van der Waals surface area contributed by atoms with Crippen molar-refractivity contribution in [1.29, 1.82) is 0 Å². The van der Waals surface area contributed by atoms with Crippen molar-refractivity contribution in [2.75, 3.05) is 5.32 Å². The number of rotatable bonds is 7. The molecule has 3 aromatic rings. The van der Waals surface area contributed by atoms with Crippen molar-refractivity contribution in [2.45, 2.75) is 42.2 Å². The Morgan fingerprint density at radius 1 is 1.25 bits per heavy atom. The quantitative estimate of drug-likeness (QED) is 0.381. The van der Waals surface area contributed by atoms with Crippen molar-refractivity contribution in [3.63, 3.8) is 0 Å². The molecule has 1 aliphatic carbocycles. The van der Waals surface area contributed by atoms with E-state index in [1.807, 2.05) is 23.6 Å². The summed E-state index contributed by atoms with van der Waals surface area (Å²) in [5, 5.41) is 16.3. The summed E-state index contributed by atoms with van der Waals surface area (Å²) < 4.78 is 13.1. The molecule has 6 nitrogen and oxygen atoms in total. The first kappa shape index (κ1) is 23.3. The predicted octanol–water partition coefficient (Wildman–Crippen LogP) is 5.95. The van der Waals surface area contributed by atoms with Crippen molar-refractivity contribution in [1.82, 2.24) is 9.97 Å². The zero-order valence-corrected chi connectivity index (χ0v) is 20.1. The molecule has 10 heteroatoms. The van der Waals surface area contributed by atoms with E-state index in [1.165, 1.54) is 11.3 Å². The highest BCUT2D eigenvalue weighted by atomic mass is 35.5. The van der Waals surface area contributed by atoms with Crippen LogP contribution in [0.4, 0.5) is 10.9 Å². The monoisotopic (exact) mass is 509 g/mol. The third-order valence-corrected chi connectivity index (χ3v) is 9.24. The molecule has 0 amide bonds. The van der Waals surface area contributed by atoms with E-state index in [9.17, 15) is 14.5 Å². The van der Waals surface area contributed by atoms with Gasteiger partial charge in [0.1, 0.15) is 16.1 Å². The Bertz CT molecular complexity index is 1090. The minimum Gasteiger partial charge on any atom is -0.611 e. The SMILES string of the molecule is O=C(O)[C@]1(Cc2cccc(Nc3nccs3)n2)CC[C@@H]([S+]([O-])c2cccc(Cl)c2Cl)CC1. The standard InChI is InChI=1S/C22H21Cl2N3O3S2/c23-16-4-2-5-17(19(16)24)32(30)15-7-9-22(10-8-15,20(28)29)13-14-3-1-6-18(26-14)27-21-25-11-12-31-21/h1-6,11-12,15H,7-10,13H2,(H,28,29)(H,25,26,27)/t15-,22-,32?. The van der Waals surface area contributed by atoms with Crippen LogP contribution in [0.3, 0.4) is 0 Å². The molecule has 0 spiro atoms.